The molecule has 0 spiro atoms. The Kier molecular flexibility index (Phi) is 2.72. The molecular formula is C12H7F2NO. The summed E-state index contributed by atoms with van der Waals surface area (Å²) in [5, 5.41) is 0. The number of aldehydes is 1. The lowest BCUT2D eigenvalue weighted by Crippen LogP contribution is -1.95. The molecule has 0 fully saturated rings. The highest BCUT2D eigenvalue weighted by atomic mass is 19.1. The van der Waals surface area contributed by atoms with Gasteiger partial charge in [-0.1, -0.05) is 12.1 Å². The van der Waals surface area contributed by atoms with Crippen LogP contribution < -0.4 is 0 Å². The van der Waals surface area contributed by atoms with Gasteiger partial charge < -0.3 is 0 Å². The van der Waals surface area contributed by atoms with Crippen molar-refractivity contribution in [2.45, 2.75) is 0 Å². The maximum absolute atomic E-state index is 13.4. The highest BCUT2D eigenvalue weighted by Crippen LogP contribution is 2.23. The number of rotatable bonds is 2. The molecule has 4 heteroatoms. The minimum atomic E-state index is -0.623. The fourth-order valence-corrected chi connectivity index (χ4v) is 1.42. The predicted octanol–water partition coefficient (Wildman–Crippen LogP) is 2.84. The van der Waals surface area contributed by atoms with Gasteiger partial charge >= 0.3 is 0 Å². The average molecular weight is 219 g/mol. The summed E-state index contributed by atoms with van der Waals surface area (Å²) >= 11 is 0. The van der Waals surface area contributed by atoms with Crippen molar-refractivity contribution in [3.05, 3.63) is 53.7 Å². The monoisotopic (exact) mass is 219 g/mol. The van der Waals surface area contributed by atoms with Crippen LogP contribution in [-0.2, 0) is 0 Å². The van der Waals surface area contributed by atoms with Gasteiger partial charge in [-0.2, -0.15) is 0 Å². The highest BCUT2D eigenvalue weighted by molar-refractivity contribution is 5.85. The van der Waals surface area contributed by atoms with Gasteiger partial charge in [0.05, 0.1) is 11.9 Å². The van der Waals surface area contributed by atoms with E-state index in [1.54, 1.807) is 6.07 Å². The summed E-state index contributed by atoms with van der Waals surface area (Å²) in [6.45, 7) is 0. The minimum absolute atomic E-state index is 0.0325. The molecule has 0 aliphatic rings. The molecule has 2 nitrogen and oxygen atoms in total. The fourth-order valence-electron chi connectivity index (χ4n) is 1.42. The van der Waals surface area contributed by atoms with Gasteiger partial charge in [-0.05, 0) is 18.2 Å². The predicted molar refractivity (Wildman–Crippen MR) is 55.0 cm³/mol. The van der Waals surface area contributed by atoms with Gasteiger partial charge in [-0.25, -0.2) is 8.78 Å². The number of aromatic nitrogens is 1. The van der Waals surface area contributed by atoms with E-state index in [-0.39, 0.29) is 16.8 Å². The van der Waals surface area contributed by atoms with Gasteiger partial charge in [0.25, 0.3) is 0 Å². The Bertz CT molecular complexity index is 540. The van der Waals surface area contributed by atoms with Crippen LogP contribution in [0.5, 0.6) is 0 Å². The van der Waals surface area contributed by atoms with Crippen molar-refractivity contribution in [3.63, 3.8) is 0 Å². The number of benzene rings is 1. The van der Waals surface area contributed by atoms with Crippen LogP contribution in [0.25, 0.3) is 11.3 Å². The molecule has 0 aliphatic carbocycles. The first kappa shape index (κ1) is 10.4. The Balaban J connectivity index is 2.65. The molecule has 0 bridgehead atoms. The SMILES string of the molecule is O=Cc1cc(F)cnc1-c1ccccc1F. The van der Waals surface area contributed by atoms with Crippen LogP contribution >= 0.6 is 0 Å². The lowest BCUT2D eigenvalue weighted by Gasteiger charge is -2.04. The normalized spacial score (nSPS) is 10.1. The summed E-state index contributed by atoms with van der Waals surface area (Å²) in [7, 11) is 0. The molecule has 0 amide bonds. The van der Waals surface area contributed by atoms with E-state index in [0.29, 0.717) is 6.29 Å². The van der Waals surface area contributed by atoms with E-state index in [4.69, 9.17) is 0 Å². The molecule has 0 saturated carbocycles. The van der Waals surface area contributed by atoms with Crippen molar-refractivity contribution >= 4 is 6.29 Å². The molecule has 1 heterocycles. The van der Waals surface area contributed by atoms with E-state index in [2.05, 4.69) is 4.98 Å². The van der Waals surface area contributed by atoms with E-state index >= 15 is 0 Å². The van der Waals surface area contributed by atoms with Crippen LogP contribution in [-0.4, -0.2) is 11.3 Å². The molecule has 0 radical (unpaired) electrons. The van der Waals surface area contributed by atoms with Crippen molar-refractivity contribution < 1.29 is 13.6 Å². The van der Waals surface area contributed by atoms with Gasteiger partial charge in [0.2, 0.25) is 0 Å². The van der Waals surface area contributed by atoms with Gasteiger partial charge in [0.1, 0.15) is 11.6 Å². The Labute approximate surface area is 90.6 Å². The Hall–Kier alpha value is -2.10. The number of pyridine rings is 1. The van der Waals surface area contributed by atoms with Crippen LogP contribution in [0.1, 0.15) is 10.4 Å². The van der Waals surface area contributed by atoms with Gasteiger partial charge in [-0.3, -0.25) is 9.78 Å². The number of hydrogen-bond donors (Lipinski definition) is 0. The van der Waals surface area contributed by atoms with Gasteiger partial charge in [0, 0.05) is 11.1 Å². The van der Waals surface area contributed by atoms with E-state index in [0.717, 1.165) is 12.3 Å². The van der Waals surface area contributed by atoms with Crippen molar-refractivity contribution in [2.24, 2.45) is 0 Å². The summed E-state index contributed by atoms with van der Waals surface area (Å²) in [5.74, 6) is -1.12. The largest absolute Gasteiger partial charge is 0.298 e. The van der Waals surface area contributed by atoms with Crippen molar-refractivity contribution in [1.29, 1.82) is 0 Å². The van der Waals surface area contributed by atoms with Crippen LogP contribution in [0.2, 0.25) is 0 Å². The Morgan fingerprint density at radius 1 is 1.19 bits per heavy atom. The van der Waals surface area contributed by atoms with Crippen molar-refractivity contribution in [2.75, 3.05) is 0 Å². The van der Waals surface area contributed by atoms with Crippen LogP contribution in [0.4, 0.5) is 8.78 Å². The van der Waals surface area contributed by atoms with E-state index in [1.165, 1.54) is 18.2 Å². The first-order chi connectivity index (χ1) is 7.72. The Morgan fingerprint density at radius 2 is 1.94 bits per heavy atom. The van der Waals surface area contributed by atoms with Crippen LogP contribution in [0.15, 0.2) is 36.5 Å². The lowest BCUT2D eigenvalue weighted by atomic mass is 10.1. The zero-order chi connectivity index (χ0) is 11.5. The Morgan fingerprint density at radius 3 is 2.62 bits per heavy atom. The third-order valence-electron chi connectivity index (χ3n) is 2.14. The molecular weight excluding hydrogens is 212 g/mol. The third kappa shape index (κ3) is 1.82. The molecule has 0 aliphatic heterocycles. The quantitative estimate of drug-likeness (QED) is 0.727. The zero-order valence-electron chi connectivity index (χ0n) is 8.15. The second-order valence-corrected chi connectivity index (χ2v) is 3.19. The van der Waals surface area contributed by atoms with Gasteiger partial charge in [0.15, 0.2) is 6.29 Å². The lowest BCUT2D eigenvalue weighted by molar-refractivity contribution is 0.112. The van der Waals surface area contributed by atoms with Gasteiger partial charge in [-0.15, -0.1) is 0 Å². The zero-order valence-corrected chi connectivity index (χ0v) is 8.15. The summed E-state index contributed by atoms with van der Waals surface area (Å²) < 4.78 is 26.3. The maximum Gasteiger partial charge on any atom is 0.152 e. The first-order valence-corrected chi connectivity index (χ1v) is 4.58. The summed E-state index contributed by atoms with van der Waals surface area (Å²) in [6, 6.07) is 6.93. The van der Waals surface area contributed by atoms with E-state index in [1.807, 2.05) is 0 Å². The number of nitrogens with zero attached hydrogens (tertiary/aromatic N) is 1. The number of carbonyl (C=O) groups is 1. The highest BCUT2D eigenvalue weighted by Gasteiger charge is 2.11. The molecule has 1 aromatic heterocycles. The maximum atomic E-state index is 13.4. The van der Waals surface area contributed by atoms with Crippen molar-refractivity contribution in [1.82, 2.24) is 4.98 Å². The summed E-state index contributed by atoms with van der Waals surface area (Å²) in [5.41, 5.74) is 0.365. The summed E-state index contributed by atoms with van der Waals surface area (Å²) in [4.78, 5) is 14.5. The number of carbonyl (C=O) groups excluding carboxylic acids is 1. The molecule has 2 rings (SSSR count). The molecule has 0 unspecified atom stereocenters. The van der Waals surface area contributed by atoms with E-state index in [9.17, 15) is 13.6 Å². The molecule has 0 atom stereocenters. The average Bonchev–Trinajstić information content (AvgIpc) is 2.30. The summed E-state index contributed by atoms with van der Waals surface area (Å²) in [6.07, 6.45) is 1.41. The van der Waals surface area contributed by atoms with Crippen LogP contribution in [0.3, 0.4) is 0 Å². The molecule has 1 aromatic carbocycles. The minimum Gasteiger partial charge on any atom is -0.298 e. The third-order valence-corrected chi connectivity index (χ3v) is 2.14. The molecule has 0 saturated heterocycles. The second-order valence-electron chi connectivity index (χ2n) is 3.19. The van der Waals surface area contributed by atoms with Crippen LogP contribution in [0, 0.1) is 11.6 Å². The topological polar surface area (TPSA) is 30.0 Å². The van der Waals surface area contributed by atoms with E-state index < -0.39 is 11.6 Å². The van der Waals surface area contributed by atoms with Crippen molar-refractivity contribution in [3.8, 4) is 11.3 Å². The molecule has 16 heavy (non-hydrogen) atoms. The standard InChI is InChI=1S/C12H7F2NO/c13-9-5-8(7-16)12(15-6-9)10-3-1-2-4-11(10)14/h1-7H. The second kappa shape index (κ2) is 4.18. The number of halogens is 2. The molecule has 0 N–H and O–H groups in total. The molecule has 2 aromatic rings. The molecule has 80 valence electrons. The first-order valence-electron chi connectivity index (χ1n) is 4.58. The fraction of sp³-hybridized carbons (Fsp3) is 0. The number of hydrogen-bond acceptors (Lipinski definition) is 2. The smallest absolute Gasteiger partial charge is 0.152 e.